The Labute approximate surface area is 106 Å². The Kier molecular flexibility index (Phi) is 4.49. The number of carbonyl (C=O) groups excluding carboxylic acids is 1. The summed E-state index contributed by atoms with van der Waals surface area (Å²) in [5.41, 5.74) is 2.11. The molecule has 0 radical (unpaired) electrons. The first-order chi connectivity index (χ1) is 8.72. The number of carbonyl (C=O) groups is 1. The summed E-state index contributed by atoms with van der Waals surface area (Å²) in [6.45, 7) is 2.70. The third-order valence-corrected chi connectivity index (χ3v) is 3.30. The highest BCUT2D eigenvalue weighted by atomic mass is 16.5. The van der Waals surface area contributed by atoms with Gasteiger partial charge in [0.25, 0.3) is 5.91 Å². The molecule has 2 saturated heterocycles. The van der Waals surface area contributed by atoms with Crippen LogP contribution in [0.2, 0.25) is 0 Å². The average Bonchev–Trinajstić information content (AvgIpc) is 2.86. The van der Waals surface area contributed by atoms with Crippen LogP contribution in [0, 0.1) is 11.3 Å². The number of nitrogens with two attached hydrogens (primary N) is 1. The summed E-state index contributed by atoms with van der Waals surface area (Å²) >= 11 is 0. The van der Waals surface area contributed by atoms with E-state index in [1.165, 1.54) is 0 Å². The number of hydrogen-bond donors (Lipinski definition) is 2. The first kappa shape index (κ1) is 13.2. The number of morpholine rings is 1. The van der Waals surface area contributed by atoms with E-state index in [1.54, 1.807) is 0 Å². The molecular formula is C11H18N4O3. The minimum Gasteiger partial charge on any atom is -0.364 e. The molecule has 2 fully saturated rings. The van der Waals surface area contributed by atoms with Gasteiger partial charge in [-0.05, 0) is 12.8 Å². The van der Waals surface area contributed by atoms with E-state index < -0.39 is 6.10 Å². The fourth-order valence-electron chi connectivity index (χ4n) is 2.36. The number of hydrazine groups is 1. The maximum Gasteiger partial charge on any atom is 0.263 e. The van der Waals surface area contributed by atoms with Gasteiger partial charge in [0.1, 0.15) is 6.10 Å². The van der Waals surface area contributed by atoms with Gasteiger partial charge < -0.3 is 9.47 Å². The van der Waals surface area contributed by atoms with Crippen LogP contribution in [-0.4, -0.2) is 55.4 Å². The molecule has 0 aromatic heterocycles. The second-order valence-electron chi connectivity index (χ2n) is 4.58. The highest BCUT2D eigenvalue weighted by Gasteiger charge is 2.32. The first-order valence-corrected chi connectivity index (χ1v) is 6.12. The minimum absolute atomic E-state index is 0.0322. The smallest absolute Gasteiger partial charge is 0.263 e. The summed E-state index contributed by atoms with van der Waals surface area (Å²) in [4.78, 5) is 13.5. The molecule has 7 heteroatoms. The van der Waals surface area contributed by atoms with Crippen molar-refractivity contribution in [3.8, 4) is 6.07 Å². The molecule has 0 spiro atoms. The van der Waals surface area contributed by atoms with Gasteiger partial charge in [0, 0.05) is 19.6 Å². The lowest BCUT2D eigenvalue weighted by molar-refractivity contribution is -0.132. The van der Waals surface area contributed by atoms with Crippen LogP contribution < -0.4 is 11.3 Å². The molecule has 18 heavy (non-hydrogen) atoms. The Bertz CT molecular complexity index is 344. The van der Waals surface area contributed by atoms with Crippen LogP contribution in [0.25, 0.3) is 0 Å². The molecule has 0 bridgehead atoms. The summed E-state index contributed by atoms with van der Waals surface area (Å²) in [5, 5.41) is 8.82. The number of nitriles is 1. The summed E-state index contributed by atoms with van der Waals surface area (Å²) in [6.07, 6.45) is 0.771. The molecule has 0 aromatic carbocycles. The number of rotatable bonds is 3. The van der Waals surface area contributed by atoms with Crippen LogP contribution in [-0.2, 0) is 14.3 Å². The average molecular weight is 254 g/mol. The number of nitrogens with one attached hydrogen (secondary N) is 1. The van der Waals surface area contributed by atoms with Crippen molar-refractivity contribution in [2.45, 2.75) is 31.2 Å². The van der Waals surface area contributed by atoms with Gasteiger partial charge in [-0.15, -0.1) is 0 Å². The summed E-state index contributed by atoms with van der Waals surface area (Å²) in [6, 6.07) is 2.11. The fourth-order valence-corrected chi connectivity index (χ4v) is 2.36. The van der Waals surface area contributed by atoms with E-state index in [1.807, 2.05) is 0 Å². The van der Waals surface area contributed by atoms with Crippen LogP contribution in [0.15, 0.2) is 0 Å². The Morgan fingerprint density at radius 3 is 3.11 bits per heavy atom. The molecule has 3 unspecified atom stereocenters. The van der Waals surface area contributed by atoms with Crippen LogP contribution in [0.4, 0.5) is 0 Å². The molecule has 2 aliphatic rings. The van der Waals surface area contributed by atoms with E-state index in [0.717, 1.165) is 19.5 Å². The predicted octanol–water partition coefficient (Wildman–Crippen LogP) is -1.25. The normalized spacial score (nSPS) is 33.0. The minimum atomic E-state index is -0.437. The number of hydrogen-bond acceptors (Lipinski definition) is 6. The van der Waals surface area contributed by atoms with Crippen LogP contribution in [0.5, 0.6) is 0 Å². The topological polar surface area (TPSA) is 101 Å². The van der Waals surface area contributed by atoms with Crippen LogP contribution in [0.3, 0.4) is 0 Å². The largest absolute Gasteiger partial charge is 0.364 e. The monoisotopic (exact) mass is 254 g/mol. The zero-order valence-electron chi connectivity index (χ0n) is 10.2. The lowest BCUT2D eigenvalue weighted by Crippen LogP contribution is -2.45. The second-order valence-corrected chi connectivity index (χ2v) is 4.58. The SMILES string of the molecule is N#CC1CN(CC2CCC(C(=O)NN)O2)CCO1. The lowest BCUT2D eigenvalue weighted by Gasteiger charge is -2.31. The number of amides is 1. The lowest BCUT2D eigenvalue weighted by atomic mass is 10.1. The maximum absolute atomic E-state index is 11.3. The van der Waals surface area contributed by atoms with Crippen molar-refractivity contribution in [3.63, 3.8) is 0 Å². The van der Waals surface area contributed by atoms with Crippen molar-refractivity contribution in [1.82, 2.24) is 10.3 Å². The standard InChI is InChI=1S/C11H18N4O3/c12-5-9-7-15(3-4-17-9)6-8-1-2-10(18-8)11(16)14-13/h8-10H,1-4,6-7,13H2,(H,14,16). The zero-order valence-corrected chi connectivity index (χ0v) is 10.2. The van der Waals surface area contributed by atoms with Crippen LogP contribution >= 0.6 is 0 Å². The number of ether oxygens (including phenoxy) is 2. The van der Waals surface area contributed by atoms with Gasteiger partial charge in [0.2, 0.25) is 0 Å². The Morgan fingerprint density at radius 2 is 2.39 bits per heavy atom. The predicted molar refractivity (Wildman–Crippen MR) is 62.0 cm³/mol. The van der Waals surface area contributed by atoms with Gasteiger partial charge in [0.15, 0.2) is 6.10 Å². The third kappa shape index (κ3) is 3.17. The Balaban J connectivity index is 1.77. The van der Waals surface area contributed by atoms with E-state index in [0.29, 0.717) is 19.6 Å². The van der Waals surface area contributed by atoms with E-state index in [2.05, 4.69) is 16.4 Å². The van der Waals surface area contributed by atoms with Crippen molar-refractivity contribution < 1.29 is 14.3 Å². The van der Waals surface area contributed by atoms with Gasteiger partial charge in [-0.25, -0.2) is 5.84 Å². The molecule has 2 aliphatic heterocycles. The van der Waals surface area contributed by atoms with Crippen molar-refractivity contribution in [2.75, 3.05) is 26.2 Å². The summed E-state index contributed by atoms with van der Waals surface area (Å²) < 4.78 is 10.9. The van der Waals surface area contributed by atoms with Crippen molar-refractivity contribution in [3.05, 3.63) is 0 Å². The van der Waals surface area contributed by atoms with Gasteiger partial charge in [-0.3, -0.25) is 15.1 Å². The molecule has 0 saturated carbocycles. The quantitative estimate of drug-likeness (QED) is 0.371. The number of nitrogens with zero attached hydrogens (tertiary/aromatic N) is 2. The first-order valence-electron chi connectivity index (χ1n) is 6.12. The van der Waals surface area contributed by atoms with Crippen LogP contribution in [0.1, 0.15) is 12.8 Å². The molecule has 7 nitrogen and oxygen atoms in total. The molecule has 2 heterocycles. The van der Waals surface area contributed by atoms with E-state index in [9.17, 15) is 4.79 Å². The van der Waals surface area contributed by atoms with Crippen molar-refractivity contribution >= 4 is 5.91 Å². The van der Waals surface area contributed by atoms with Gasteiger partial charge >= 0.3 is 0 Å². The van der Waals surface area contributed by atoms with Crippen molar-refractivity contribution in [1.29, 1.82) is 5.26 Å². The second kappa shape index (κ2) is 6.11. The Morgan fingerprint density at radius 1 is 1.56 bits per heavy atom. The van der Waals surface area contributed by atoms with E-state index in [-0.39, 0.29) is 18.1 Å². The Hall–Kier alpha value is -1.20. The summed E-state index contributed by atoms with van der Waals surface area (Å²) in [5.74, 6) is 4.81. The molecule has 0 aromatic rings. The molecule has 3 N–H and O–H groups in total. The molecule has 3 atom stereocenters. The highest BCUT2D eigenvalue weighted by Crippen LogP contribution is 2.21. The molecular weight excluding hydrogens is 236 g/mol. The summed E-state index contributed by atoms with van der Waals surface area (Å²) in [7, 11) is 0. The van der Waals surface area contributed by atoms with E-state index >= 15 is 0 Å². The van der Waals surface area contributed by atoms with Gasteiger partial charge in [0.05, 0.1) is 18.8 Å². The molecule has 1 amide bonds. The van der Waals surface area contributed by atoms with Crippen molar-refractivity contribution in [2.24, 2.45) is 5.84 Å². The molecule has 0 aliphatic carbocycles. The van der Waals surface area contributed by atoms with Gasteiger partial charge in [-0.2, -0.15) is 5.26 Å². The highest BCUT2D eigenvalue weighted by molar-refractivity contribution is 5.80. The van der Waals surface area contributed by atoms with E-state index in [4.69, 9.17) is 20.6 Å². The molecule has 100 valence electrons. The van der Waals surface area contributed by atoms with Gasteiger partial charge in [-0.1, -0.05) is 0 Å². The molecule has 2 rings (SSSR count). The third-order valence-electron chi connectivity index (χ3n) is 3.30. The maximum atomic E-state index is 11.3. The zero-order chi connectivity index (χ0) is 13.0. The fraction of sp³-hybridized carbons (Fsp3) is 0.818.